The molecular formula is C29H43NO11. The van der Waals surface area contributed by atoms with Gasteiger partial charge in [-0.25, -0.2) is 4.79 Å². The molecule has 2 aliphatic heterocycles. The van der Waals surface area contributed by atoms with Crippen LogP contribution in [0.1, 0.15) is 65.2 Å². The highest BCUT2D eigenvalue weighted by atomic mass is 16.7. The second-order valence-electron chi connectivity index (χ2n) is 13.7. The number of carbonyl (C=O) groups excluding carboxylic acids is 1. The first-order chi connectivity index (χ1) is 19.3. The van der Waals surface area contributed by atoms with Crippen molar-refractivity contribution in [3.63, 3.8) is 0 Å². The normalized spacial score (nSPS) is 55.2. The monoisotopic (exact) mass is 581 g/mol. The summed E-state index contributed by atoms with van der Waals surface area (Å²) in [5.41, 5.74) is -3.65. The van der Waals surface area contributed by atoms with Gasteiger partial charge in [0.15, 0.2) is 6.29 Å². The fourth-order valence-electron chi connectivity index (χ4n) is 9.94. The third kappa shape index (κ3) is 4.09. The van der Waals surface area contributed by atoms with Crippen molar-refractivity contribution in [2.45, 2.75) is 119 Å². The van der Waals surface area contributed by atoms with Gasteiger partial charge in [0.05, 0.1) is 35.7 Å². The second-order valence-corrected chi connectivity index (χ2v) is 13.7. The number of nitrogens with zero attached hydrogens (tertiary/aromatic N) is 1. The number of rotatable bonds is 4. The van der Waals surface area contributed by atoms with Gasteiger partial charge in [-0.1, -0.05) is 6.92 Å². The summed E-state index contributed by atoms with van der Waals surface area (Å²) in [6.45, 7) is 3.74. The van der Waals surface area contributed by atoms with Gasteiger partial charge in [0.1, 0.15) is 24.9 Å². The maximum atomic E-state index is 12.4. The number of aliphatic hydroxyl groups is 6. The van der Waals surface area contributed by atoms with Crippen LogP contribution in [0.25, 0.3) is 0 Å². The summed E-state index contributed by atoms with van der Waals surface area (Å²) in [7, 11) is 0. The summed E-state index contributed by atoms with van der Waals surface area (Å²) < 4.78 is 16.8. The van der Waals surface area contributed by atoms with Crippen molar-refractivity contribution in [1.29, 1.82) is 0 Å². The van der Waals surface area contributed by atoms with Crippen LogP contribution in [0.4, 0.5) is 0 Å². The van der Waals surface area contributed by atoms with Crippen LogP contribution in [0.3, 0.4) is 0 Å². The minimum Gasteiger partial charge on any atom is -0.458 e. The van der Waals surface area contributed by atoms with Crippen molar-refractivity contribution in [2.75, 3.05) is 6.61 Å². The van der Waals surface area contributed by atoms with E-state index in [2.05, 4.69) is 5.16 Å². The number of oxime groups is 1. The van der Waals surface area contributed by atoms with Crippen LogP contribution in [-0.2, 0) is 19.0 Å². The highest BCUT2D eigenvalue weighted by Crippen LogP contribution is 2.70. The average molecular weight is 582 g/mol. The van der Waals surface area contributed by atoms with Gasteiger partial charge in [-0.2, -0.15) is 0 Å². The number of carbonyl (C=O) groups is 1. The molecule has 6 rings (SSSR count). The standard InChI is InChI=1S/C29H43NO11/c1-14-22(33)23(34)24(35)25(40-14)41-16-3-6-27(13-30-38)21-18(4-7-28(27,36)10-16)29(37)8-5-17(15-9-20(32)39-12-15)26(29,2)11-19(21)31/h9,13-14,16-19,21-25,31,33-38H,3-8,10-12H2,1-2H3/b30-13-/t14-,16+,17-,18-,19+,21+,22-,23+,24-,25+,26+,27-,28-,29+/m0/s1. The molecule has 0 amide bonds. The third-order valence-corrected chi connectivity index (χ3v) is 12.0. The van der Waals surface area contributed by atoms with Crippen molar-refractivity contribution in [3.8, 4) is 0 Å². The Bertz CT molecular complexity index is 1120. The minimum atomic E-state index is -1.48. The van der Waals surface area contributed by atoms with Gasteiger partial charge < -0.3 is 50.1 Å². The highest BCUT2D eigenvalue weighted by molar-refractivity contribution is 5.85. The zero-order chi connectivity index (χ0) is 29.5. The summed E-state index contributed by atoms with van der Waals surface area (Å²) in [6, 6.07) is 0. The quantitative estimate of drug-likeness (QED) is 0.0774. The molecule has 4 saturated carbocycles. The van der Waals surface area contributed by atoms with Gasteiger partial charge in [-0.3, -0.25) is 0 Å². The number of hydrogen-bond donors (Lipinski definition) is 7. The summed E-state index contributed by atoms with van der Waals surface area (Å²) >= 11 is 0. The Hall–Kier alpha value is -1.64. The fraction of sp³-hybridized carbons (Fsp3) is 0.862. The Morgan fingerprint density at radius 2 is 1.78 bits per heavy atom. The summed E-state index contributed by atoms with van der Waals surface area (Å²) in [5, 5.41) is 80.4. The Kier molecular flexibility index (Phi) is 7.14. The van der Waals surface area contributed by atoms with E-state index in [4.69, 9.17) is 14.2 Å². The van der Waals surface area contributed by atoms with Crippen molar-refractivity contribution in [1.82, 2.24) is 0 Å². The largest absolute Gasteiger partial charge is 0.458 e. The fourth-order valence-corrected chi connectivity index (χ4v) is 9.94. The molecule has 12 heteroatoms. The van der Waals surface area contributed by atoms with E-state index < -0.39 is 76.8 Å². The van der Waals surface area contributed by atoms with E-state index in [0.29, 0.717) is 25.7 Å². The van der Waals surface area contributed by atoms with E-state index in [1.165, 1.54) is 12.3 Å². The third-order valence-electron chi connectivity index (χ3n) is 12.0. The molecule has 12 nitrogen and oxygen atoms in total. The Balaban J connectivity index is 1.28. The molecule has 2 heterocycles. The molecule has 0 spiro atoms. The maximum Gasteiger partial charge on any atom is 0.331 e. The van der Waals surface area contributed by atoms with Crippen molar-refractivity contribution < 1.29 is 54.9 Å². The molecule has 4 aliphatic carbocycles. The highest BCUT2D eigenvalue weighted by Gasteiger charge is 2.73. The Morgan fingerprint density at radius 1 is 1.02 bits per heavy atom. The van der Waals surface area contributed by atoms with Crippen molar-refractivity contribution in [2.24, 2.45) is 33.7 Å². The topological polar surface area (TPSA) is 199 Å². The van der Waals surface area contributed by atoms with Crippen LogP contribution in [0, 0.1) is 28.6 Å². The first-order valence-electron chi connectivity index (χ1n) is 14.8. The summed E-state index contributed by atoms with van der Waals surface area (Å²) in [5.74, 6) is -1.50. The van der Waals surface area contributed by atoms with Gasteiger partial charge in [-0.15, -0.1) is 5.16 Å². The SMILES string of the molecule is C[C@@H]1O[C@H](O[C@@H]2CC[C@]3(/C=N\O)[C@H]4[C@H](O)C[C@]5(C)[C@H](C6=CC(=O)OC6)CC[C@@]5(O)[C@H]4CC[C@]3(O)C2)[C@@H](O)[C@H](O)[C@H]1O. The average Bonchev–Trinajstić information content (AvgIpc) is 3.46. The predicted molar refractivity (Wildman–Crippen MR) is 140 cm³/mol. The molecule has 6 aliphatic rings. The molecule has 0 bridgehead atoms. The number of fused-ring (bicyclic) bond motifs is 5. The van der Waals surface area contributed by atoms with E-state index in [1.807, 2.05) is 6.92 Å². The molecule has 14 atom stereocenters. The van der Waals surface area contributed by atoms with Gasteiger partial charge in [0.25, 0.3) is 0 Å². The lowest BCUT2D eigenvalue weighted by Crippen LogP contribution is -2.72. The Labute approximate surface area is 238 Å². The number of esters is 1. The van der Waals surface area contributed by atoms with Crippen molar-refractivity contribution >= 4 is 12.2 Å². The maximum absolute atomic E-state index is 12.4. The zero-order valence-corrected chi connectivity index (χ0v) is 23.5. The van der Waals surface area contributed by atoms with Crippen LogP contribution in [-0.4, -0.2) is 109 Å². The predicted octanol–water partition coefficient (Wildman–Crippen LogP) is -0.0181. The van der Waals surface area contributed by atoms with E-state index in [1.54, 1.807) is 6.92 Å². The molecule has 0 aromatic heterocycles. The molecule has 230 valence electrons. The molecule has 1 saturated heterocycles. The number of aliphatic hydroxyl groups excluding tert-OH is 4. The van der Waals surface area contributed by atoms with Gasteiger partial charge in [0, 0.05) is 29.2 Å². The lowest BCUT2D eigenvalue weighted by Gasteiger charge is -2.67. The number of hydrogen-bond acceptors (Lipinski definition) is 12. The molecule has 0 unspecified atom stereocenters. The van der Waals surface area contributed by atoms with Gasteiger partial charge in [0.2, 0.25) is 0 Å². The van der Waals surface area contributed by atoms with Crippen LogP contribution in [0.15, 0.2) is 16.8 Å². The van der Waals surface area contributed by atoms with Gasteiger partial charge in [-0.05, 0) is 69.3 Å². The van der Waals surface area contributed by atoms with Gasteiger partial charge >= 0.3 is 5.97 Å². The number of cyclic esters (lactones) is 1. The van der Waals surface area contributed by atoms with E-state index in [-0.39, 0.29) is 44.2 Å². The lowest BCUT2D eigenvalue weighted by atomic mass is 9.41. The molecule has 41 heavy (non-hydrogen) atoms. The number of ether oxygens (including phenoxy) is 3. The van der Waals surface area contributed by atoms with Crippen LogP contribution >= 0.6 is 0 Å². The summed E-state index contributed by atoms with van der Waals surface area (Å²) in [4.78, 5) is 11.8. The molecule has 7 N–H and O–H groups in total. The smallest absolute Gasteiger partial charge is 0.331 e. The van der Waals surface area contributed by atoms with Crippen LogP contribution < -0.4 is 0 Å². The Morgan fingerprint density at radius 3 is 2.46 bits per heavy atom. The molecule has 0 aromatic rings. The molecular weight excluding hydrogens is 538 g/mol. The van der Waals surface area contributed by atoms with Crippen LogP contribution in [0.2, 0.25) is 0 Å². The first-order valence-corrected chi connectivity index (χ1v) is 14.8. The van der Waals surface area contributed by atoms with Crippen molar-refractivity contribution in [3.05, 3.63) is 11.6 Å². The van der Waals surface area contributed by atoms with E-state index in [0.717, 1.165) is 5.57 Å². The minimum absolute atomic E-state index is 0.0965. The van der Waals surface area contributed by atoms with Crippen LogP contribution in [0.5, 0.6) is 0 Å². The molecule has 0 aromatic carbocycles. The zero-order valence-electron chi connectivity index (χ0n) is 23.5. The lowest BCUT2D eigenvalue weighted by molar-refractivity contribution is -0.318. The second kappa shape index (κ2) is 9.95. The first kappa shape index (κ1) is 29.4. The van der Waals surface area contributed by atoms with E-state index in [9.17, 15) is 40.6 Å². The molecule has 0 radical (unpaired) electrons. The molecule has 5 fully saturated rings. The van der Waals surface area contributed by atoms with E-state index >= 15 is 0 Å². The summed E-state index contributed by atoms with van der Waals surface area (Å²) in [6.07, 6.45) is -2.02.